The minimum Gasteiger partial charge on any atom is -0.481 e. The maximum atomic E-state index is 11.7. The van der Waals surface area contributed by atoms with E-state index in [9.17, 15) is 14.7 Å². The first kappa shape index (κ1) is 15.3. The number of carbonyl (C=O) groups is 2. The summed E-state index contributed by atoms with van der Waals surface area (Å²) < 4.78 is 4.88. The second-order valence-corrected chi connectivity index (χ2v) is 5.29. The van der Waals surface area contributed by atoms with E-state index >= 15 is 0 Å². The fourth-order valence-corrected chi connectivity index (χ4v) is 2.63. The predicted molar refractivity (Wildman–Crippen MR) is 72.4 cm³/mol. The van der Waals surface area contributed by atoms with Crippen LogP contribution >= 0.6 is 0 Å². The van der Waals surface area contributed by atoms with Crippen LogP contribution in [0.3, 0.4) is 0 Å². The van der Waals surface area contributed by atoms with Crippen LogP contribution in [-0.2, 0) is 11.3 Å². The molecule has 2 atom stereocenters. The van der Waals surface area contributed by atoms with Crippen LogP contribution in [0.5, 0.6) is 0 Å². The first-order chi connectivity index (χ1) is 10.1. The summed E-state index contributed by atoms with van der Waals surface area (Å²) in [5.41, 5.74) is 0. The normalized spacial score (nSPS) is 21.8. The molecule has 8 nitrogen and oxygen atoms in total. The van der Waals surface area contributed by atoms with Gasteiger partial charge in [-0.25, -0.2) is 4.79 Å². The molecule has 0 bridgehead atoms. The van der Waals surface area contributed by atoms with Gasteiger partial charge >= 0.3 is 12.0 Å². The molecule has 0 aromatic carbocycles. The average molecular weight is 296 g/mol. The summed E-state index contributed by atoms with van der Waals surface area (Å²) in [7, 11) is 0. The van der Waals surface area contributed by atoms with Crippen molar-refractivity contribution in [2.24, 2.45) is 11.8 Å². The highest BCUT2D eigenvalue weighted by Gasteiger charge is 2.30. The van der Waals surface area contributed by atoms with E-state index in [1.807, 2.05) is 0 Å². The highest BCUT2D eigenvalue weighted by Crippen LogP contribution is 2.29. The smallest absolute Gasteiger partial charge is 0.315 e. The van der Waals surface area contributed by atoms with Gasteiger partial charge in [0, 0.05) is 6.54 Å². The van der Waals surface area contributed by atoms with Gasteiger partial charge in [0.1, 0.15) is 0 Å². The SMILES string of the molecule is Cc1noc(CNC(=O)NCC2CCCCC2C(=O)O)n1. The van der Waals surface area contributed by atoms with Crippen molar-refractivity contribution in [2.45, 2.75) is 39.2 Å². The van der Waals surface area contributed by atoms with Gasteiger partial charge in [-0.1, -0.05) is 18.0 Å². The van der Waals surface area contributed by atoms with Crippen molar-refractivity contribution in [3.8, 4) is 0 Å². The number of rotatable bonds is 5. The summed E-state index contributed by atoms with van der Waals surface area (Å²) in [6, 6.07) is -0.361. The van der Waals surface area contributed by atoms with E-state index in [0.29, 0.717) is 24.7 Å². The van der Waals surface area contributed by atoms with Crippen molar-refractivity contribution in [3.63, 3.8) is 0 Å². The van der Waals surface area contributed by atoms with Gasteiger partial charge in [-0.3, -0.25) is 4.79 Å². The van der Waals surface area contributed by atoms with Crippen molar-refractivity contribution in [1.29, 1.82) is 0 Å². The van der Waals surface area contributed by atoms with Crippen molar-refractivity contribution in [2.75, 3.05) is 6.54 Å². The molecule has 1 saturated carbocycles. The van der Waals surface area contributed by atoms with Gasteiger partial charge in [0.05, 0.1) is 12.5 Å². The third-order valence-corrected chi connectivity index (χ3v) is 3.72. The van der Waals surface area contributed by atoms with Gasteiger partial charge < -0.3 is 20.3 Å². The zero-order valence-corrected chi connectivity index (χ0v) is 12.0. The first-order valence-electron chi connectivity index (χ1n) is 7.10. The molecule has 1 aromatic heterocycles. The van der Waals surface area contributed by atoms with Crippen LogP contribution in [0, 0.1) is 18.8 Å². The lowest BCUT2D eigenvalue weighted by Crippen LogP contribution is -2.41. The van der Waals surface area contributed by atoms with Crippen molar-refractivity contribution < 1.29 is 19.2 Å². The molecule has 1 aliphatic carbocycles. The largest absolute Gasteiger partial charge is 0.481 e. The van der Waals surface area contributed by atoms with Crippen LogP contribution in [-0.4, -0.2) is 33.8 Å². The number of aryl methyl sites for hydroxylation is 1. The van der Waals surface area contributed by atoms with Gasteiger partial charge in [0.2, 0.25) is 5.89 Å². The lowest BCUT2D eigenvalue weighted by atomic mass is 9.79. The molecule has 116 valence electrons. The second-order valence-electron chi connectivity index (χ2n) is 5.29. The number of carboxylic acid groups (broad SMARTS) is 1. The predicted octanol–water partition coefficient (Wildman–Crippen LogP) is 1.07. The zero-order valence-electron chi connectivity index (χ0n) is 12.0. The van der Waals surface area contributed by atoms with Gasteiger partial charge in [0.25, 0.3) is 0 Å². The van der Waals surface area contributed by atoms with Crippen molar-refractivity contribution >= 4 is 12.0 Å². The summed E-state index contributed by atoms with van der Waals surface area (Å²) in [5, 5.41) is 18.1. The molecule has 0 spiro atoms. The van der Waals surface area contributed by atoms with E-state index in [1.165, 1.54) is 0 Å². The summed E-state index contributed by atoms with van der Waals surface area (Å²) in [6.45, 7) is 2.22. The molecule has 2 unspecified atom stereocenters. The molecule has 0 saturated heterocycles. The van der Waals surface area contributed by atoms with Crippen molar-refractivity contribution in [3.05, 3.63) is 11.7 Å². The molecule has 1 aromatic rings. The van der Waals surface area contributed by atoms with Gasteiger partial charge in [-0.2, -0.15) is 4.98 Å². The van der Waals surface area contributed by atoms with Gasteiger partial charge in [0.15, 0.2) is 5.82 Å². The monoisotopic (exact) mass is 296 g/mol. The molecule has 21 heavy (non-hydrogen) atoms. The summed E-state index contributed by atoms with van der Waals surface area (Å²) in [5.74, 6) is -0.295. The maximum absolute atomic E-state index is 11.7. The van der Waals surface area contributed by atoms with Crippen LogP contribution in [0.15, 0.2) is 4.52 Å². The number of aliphatic carboxylic acids is 1. The number of nitrogens with one attached hydrogen (secondary N) is 2. The standard InChI is InChI=1S/C13H20N4O4/c1-8-16-11(21-17-8)7-15-13(20)14-6-9-4-2-3-5-10(9)12(18)19/h9-10H,2-7H2,1H3,(H,18,19)(H2,14,15,20). The first-order valence-corrected chi connectivity index (χ1v) is 7.10. The summed E-state index contributed by atoms with van der Waals surface area (Å²) in [4.78, 5) is 26.8. The zero-order chi connectivity index (χ0) is 15.2. The molecule has 1 fully saturated rings. The van der Waals surface area contributed by atoms with Gasteiger partial charge in [-0.05, 0) is 25.7 Å². The van der Waals surface area contributed by atoms with E-state index in [1.54, 1.807) is 6.92 Å². The van der Waals surface area contributed by atoms with E-state index in [4.69, 9.17) is 4.52 Å². The van der Waals surface area contributed by atoms with Gasteiger partial charge in [-0.15, -0.1) is 0 Å². The Morgan fingerprint density at radius 2 is 2.10 bits per heavy atom. The number of carboxylic acids is 1. The van der Waals surface area contributed by atoms with E-state index in [-0.39, 0.29) is 24.4 Å². The summed E-state index contributed by atoms with van der Waals surface area (Å²) >= 11 is 0. The molecule has 1 aliphatic rings. The Morgan fingerprint density at radius 1 is 1.33 bits per heavy atom. The Morgan fingerprint density at radius 3 is 2.76 bits per heavy atom. The molecule has 2 amide bonds. The number of nitrogens with zero attached hydrogens (tertiary/aromatic N) is 2. The Kier molecular flexibility index (Phi) is 5.13. The molecule has 1 heterocycles. The lowest BCUT2D eigenvalue weighted by molar-refractivity contribution is -0.144. The maximum Gasteiger partial charge on any atom is 0.315 e. The molecule has 0 radical (unpaired) electrons. The third-order valence-electron chi connectivity index (χ3n) is 3.72. The second kappa shape index (κ2) is 7.05. The number of aromatic nitrogens is 2. The van der Waals surface area contributed by atoms with Crippen LogP contribution < -0.4 is 10.6 Å². The average Bonchev–Trinajstić information content (AvgIpc) is 2.88. The number of amides is 2. The van der Waals surface area contributed by atoms with Crippen molar-refractivity contribution in [1.82, 2.24) is 20.8 Å². The van der Waals surface area contributed by atoms with E-state index < -0.39 is 5.97 Å². The van der Waals surface area contributed by atoms with E-state index in [2.05, 4.69) is 20.8 Å². The number of hydrogen-bond donors (Lipinski definition) is 3. The molecular weight excluding hydrogens is 276 g/mol. The number of hydrogen-bond acceptors (Lipinski definition) is 5. The van der Waals surface area contributed by atoms with E-state index in [0.717, 1.165) is 19.3 Å². The third kappa shape index (κ3) is 4.44. The minimum absolute atomic E-state index is 0.00681. The lowest BCUT2D eigenvalue weighted by Gasteiger charge is -2.28. The molecule has 8 heteroatoms. The fourth-order valence-electron chi connectivity index (χ4n) is 2.63. The molecule has 2 rings (SSSR count). The van der Waals surface area contributed by atoms with Crippen LogP contribution in [0.4, 0.5) is 4.79 Å². The molecule has 0 aliphatic heterocycles. The topological polar surface area (TPSA) is 117 Å². The molecular formula is C13H20N4O4. The highest BCUT2D eigenvalue weighted by molar-refractivity contribution is 5.74. The number of carbonyl (C=O) groups excluding carboxylic acids is 1. The minimum atomic E-state index is -0.775. The Labute approximate surface area is 122 Å². The van der Waals surface area contributed by atoms with Crippen LogP contribution in [0.2, 0.25) is 0 Å². The summed E-state index contributed by atoms with van der Waals surface area (Å²) in [6.07, 6.45) is 3.47. The Hall–Kier alpha value is -2.12. The Balaban J connectivity index is 1.73. The highest BCUT2D eigenvalue weighted by atomic mass is 16.5. The van der Waals surface area contributed by atoms with Crippen LogP contribution in [0.1, 0.15) is 37.4 Å². The van der Waals surface area contributed by atoms with Crippen LogP contribution in [0.25, 0.3) is 0 Å². The number of urea groups is 1. The quantitative estimate of drug-likeness (QED) is 0.748. The Bertz CT molecular complexity index is 502. The fraction of sp³-hybridized carbons (Fsp3) is 0.692. The molecule has 3 N–H and O–H groups in total.